The first kappa shape index (κ1) is 20.7. The molecule has 0 spiro atoms. The summed E-state index contributed by atoms with van der Waals surface area (Å²) in [6.07, 6.45) is 1.41. The molecule has 0 atom stereocenters. The fraction of sp³-hybridized carbons (Fsp3) is 0.0526. The Kier molecular flexibility index (Phi) is 5.93. The molecule has 2 aromatic carbocycles. The van der Waals surface area contributed by atoms with Crippen LogP contribution in [0.15, 0.2) is 53.4 Å². The maximum Gasteiger partial charge on any atom is 0.343 e. The first-order valence-corrected chi connectivity index (χ1v) is 9.16. The second-order valence-electron chi connectivity index (χ2n) is 6.00. The van der Waals surface area contributed by atoms with Crippen LogP contribution in [0.2, 0.25) is 0 Å². The molecule has 30 heavy (non-hydrogen) atoms. The molecular weight excluding hydrogens is 414 g/mol. The molecule has 1 fully saturated rings. The van der Waals surface area contributed by atoms with Gasteiger partial charge in [0.25, 0.3) is 16.8 Å². The van der Waals surface area contributed by atoms with Crippen LogP contribution in [0, 0.1) is 10.1 Å². The molecule has 0 saturated carbocycles. The van der Waals surface area contributed by atoms with E-state index in [0.29, 0.717) is 17.3 Å². The molecule has 3 amide bonds. The van der Waals surface area contributed by atoms with Gasteiger partial charge in [-0.2, -0.15) is 0 Å². The lowest BCUT2D eigenvalue weighted by Crippen LogP contribution is -2.36. The number of nitro benzene ring substituents is 1. The number of ether oxygens (including phenoxy) is 1. The van der Waals surface area contributed by atoms with Gasteiger partial charge in [-0.15, -0.1) is 0 Å². The molecule has 11 heteroatoms. The van der Waals surface area contributed by atoms with Crippen molar-refractivity contribution >= 4 is 46.5 Å². The highest BCUT2D eigenvalue weighted by Gasteiger charge is 2.35. The number of hydrogen-bond donors (Lipinski definition) is 1. The lowest BCUT2D eigenvalue weighted by atomic mass is 10.2. The van der Waals surface area contributed by atoms with Gasteiger partial charge in [0.1, 0.15) is 12.3 Å². The van der Waals surface area contributed by atoms with Crippen molar-refractivity contribution in [1.82, 2.24) is 4.90 Å². The van der Waals surface area contributed by atoms with Crippen LogP contribution in [0.3, 0.4) is 0 Å². The lowest BCUT2D eigenvalue weighted by molar-refractivity contribution is -0.384. The normalized spacial score (nSPS) is 14.8. The monoisotopic (exact) mass is 427 g/mol. The highest BCUT2D eigenvalue weighted by molar-refractivity contribution is 8.18. The zero-order chi connectivity index (χ0) is 21.8. The van der Waals surface area contributed by atoms with Gasteiger partial charge in [0.05, 0.1) is 15.4 Å². The summed E-state index contributed by atoms with van der Waals surface area (Å²) in [4.78, 5) is 58.4. The fourth-order valence-corrected chi connectivity index (χ4v) is 3.36. The quantitative estimate of drug-likeness (QED) is 0.243. The maximum atomic E-state index is 12.3. The Balaban J connectivity index is 1.78. The first-order chi connectivity index (χ1) is 14.2. The number of esters is 1. The van der Waals surface area contributed by atoms with Gasteiger partial charge in [-0.1, -0.05) is 18.2 Å². The SMILES string of the molecule is NC(=O)CN1C(=O)S/C(=C\c2cccc(OC(=O)c3cccc([N+](=O)[O-])c3)c2)C1=O. The second kappa shape index (κ2) is 8.57. The third kappa shape index (κ3) is 4.70. The molecule has 0 bridgehead atoms. The van der Waals surface area contributed by atoms with Crippen molar-refractivity contribution in [2.45, 2.75) is 0 Å². The molecule has 0 unspecified atom stereocenters. The summed E-state index contributed by atoms with van der Waals surface area (Å²) in [5.74, 6) is -2.12. The number of carbonyl (C=O) groups is 4. The zero-order valence-electron chi connectivity index (χ0n) is 15.1. The van der Waals surface area contributed by atoms with Crippen LogP contribution in [0.5, 0.6) is 5.75 Å². The van der Waals surface area contributed by atoms with Gasteiger partial charge < -0.3 is 10.5 Å². The lowest BCUT2D eigenvalue weighted by Gasteiger charge is -2.08. The largest absolute Gasteiger partial charge is 0.423 e. The molecule has 0 radical (unpaired) electrons. The number of primary amides is 1. The molecule has 1 heterocycles. The van der Waals surface area contributed by atoms with Gasteiger partial charge in [0, 0.05) is 12.1 Å². The van der Waals surface area contributed by atoms with Crippen LogP contribution in [0.4, 0.5) is 10.5 Å². The fourth-order valence-electron chi connectivity index (χ4n) is 2.52. The molecule has 10 nitrogen and oxygen atoms in total. The van der Waals surface area contributed by atoms with E-state index in [1.54, 1.807) is 12.1 Å². The number of nitro groups is 1. The molecule has 3 rings (SSSR count). The molecule has 0 aliphatic carbocycles. The van der Waals surface area contributed by atoms with Gasteiger partial charge in [-0.25, -0.2) is 4.79 Å². The molecule has 2 N–H and O–H groups in total. The van der Waals surface area contributed by atoms with E-state index >= 15 is 0 Å². The second-order valence-corrected chi connectivity index (χ2v) is 7.00. The minimum absolute atomic E-state index is 0.00201. The number of imide groups is 1. The van der Waals surface area contributed by atoms with Crippen molar-refractivity contribution in [3.8, 4) is 5.75 Å². The number of amides is 3. The Labute approximate surface area is 173 Å². The molecule has 1 aliphatic heterocycles. The van der Waals surface area contributed by atoms with E-state index in [0.717, 1.165) is 11.0 Å². The van der Waals surface area contributed by atoms with Crippen molar-refractivity contribution in [1.29, 1.82) is 0 Å². The van der Waals surface area contributed by atoms with Crippen molar-refractivity contribution in [3.05, 3.63) is 74.7 Å². The predicted molar refractivity (Wildman–Crippen MR) is 106 cm³/mol. The molecule has 152 valence electrons. The van der Waals surface area contributed by atoms with Crippen molar-refractivity contribution in [2.24, 2.45) is 5.73 Å². The number of hydrogen-bond acceptors (Lipinski definition) is 8. The van der Waals surface area contributed by atoms with E-state index in [2.05, 4.69) is 0 Å². The van der Waals surface area contributed by atoms with Gasteiger partial charge in [0.15, 0.2) is 0 Å². The van der Waals surface area contributed by atoms with E-state index in [4.69, 9.17) is 10.5 Å². The minimum atomic E-state index is -0.811. The minimum Gasteiger partial charge on any atom is -0.423 e. The Bertz CT molecular complexity index is 1110. The number of nitrogens with two attached hydrogens (primary N) is 1. The molecule has 1 aliphatic rings. The van der Waals surface area contributed by atoms with E-state index in [-0.39, 0.29) is 21.9 Å². The van der Waals surface area contributed by atoms with Crippen molar-refractivity contribution in [2.75, 3.05) is 6.54 Å². The molecule has 2 aromatic rings. The Morgan fingerprint density at radius 1 is 1.17 bits per heavy atom. The number of thioether (sulfide) groups is 1. The highest BCUT2D eigenvalue weighted by atomic mass is 32.2. The highest BCUT2D eigenvalue weighted by Crippen LogP contribution is 2.32. The van der Waals surface area contributed by atoms with Crippen LogP contribution in [-0.2, 0) is 9.59 Å². The van der Waals surface area contributed by atoms with E-state index in [1.807, 2.05) is 0 Å². The molecule has 0 aromatic heterocycles. The number of carbonyl (C=O) groups excluding carboxylic acids is 4. The van der Waals surface area contributed by atoms with Crippen LogP contribution >= 0.6 is 11.8 Å². The number of nitrogens with zero attached hydrogens (tertiary/aromatic N) is 2. The number of non-ortho nitro benzene ring substituents is 1. The van der Waals surface area contributed by atoms with Gasteiger partial charge in [-0.3, -0.25) is 29.4 Å². The third-order valence-electron chi connectivity index (χ3n) is 3.85. The maximum absolute atomic E-state index is 12.3. The standard InChI is InChI=1S/C19H13N3O7S/c20-16(23)10-21-17(24)15(30-19(21)26)8-11-3-1-6-14(7-11)29-18(25)12-4-2-5-13(9-12)22(27)28/h1-9H,10H2,(H2,20,23)/b15-8-. The average molecular weight is 427 g/mol. The van der Waals surface area contributed by atoms with E-state index in [1.165, 1.54) is 36.4 Å². The third-order valence-corrected chi connectivity index (χ3v) is 4.75. The number of rotatable bonds is 6. The number of benzene rings is 2. The summed E-state index contributed by atoms with van der Waals surface area (Å²) in [6.45, 7) is -0.511. The van der Waals surface area contributed by atoms with Crippen molar-refractivity contribution < 1.29 is 28.8 Å². The zero-order valence-corrected chi connectivity index (χ0v) is 16.0. The molecule has 1 saturated heterocycles. The summed E-state index contributed by atoms with van der Waals surface area (Å²) < 4.78 is 5.24. The Morgan fingerprint density at radius 2 is 1.90 bits per heavy atom. The summed E-state index contributed by atoms with van der Waals surface area (Å²) in [5, 5.41) is 10.2. The summed E-state index contributed by atoms with van der Waals surface area (Å²) >= 11 is 0.659. The summed E-state index contributed by atoms with van der Waals surface area (Å²) in [6, 6.07) is 11.2. The van der Waals surface area contributed by atoms with Crippen LogP contribution in [0.25, 0.3) is 6.08 Å². The van der Waals surface area contributed by atoms with Gasteiger partial charge >= 0.3 is 5.97 Å². The van der Waals surface area contributed by atoms with Gasteiger partial charge in [0.2, 0.25) is 5.91 Å². The average Bonchev–Trinajstić information content (AvgIpc) is 2.95. The van der Waals surface area contributed by atoms with Crippen LogP contribution in [0.1, 0.15) is 15.9 Å². The topological polar surface area (TPSA) is 150 Å². The van der Waals surface area contributed by atoms with Crippen LogP contribution < -0.4 is 10.5 Å². The smallest absolute Gasteiger partial charge is 0.343 e. The Hall–Kier alpha value is -3.99. The van der Waals surface area contributed by atoms with E-state index in [9.17, 15) is 29.3 Å². The predicted octanol–water partition coefficient (Wildman–Crippen LogP) is 2.34. The molecular formula is C19H13N3O7S. The van der Waals surface area contributed by atoms with Crippen LogP contribution in [-0.4, -0.2) is 39.4 Å². The first-order valence-electron chi connectivity index (χ1n) is 8.35. The summed E-state index contributed by atoms with van der Waals surface area (Å²) in [5.41, 5.74) is 5.25. The van der Waals surface area contributed by atoms with E-state index < -0.39 is 34.5 Å². The van der Waals surface area contributed by atoms with Gasteiger partial charge in [-0.05, 0) is 41.6 Å². The van der Waals surface area contributed by atoms with Crippen molar-refractivity contribution in [3.63, 3.8) is 0 Å². The summed E-state index contributed by atoms with van der Waals surface area (Å²) in [7, 11) is 0. The Morgan fingerprint density at radius 3 is 2.60 bits per heavy atom.